The van der Waals surface area contributed by atoms with E-state index in [0.717, 1.165) is 153 Å². The second kappa shape index (κ2) is 24.2. The van der Waals surface area contributed by atoms with E-state index in [4.69, 9.17) is 20.9 Å². The van der Waals surface area contributed by atoms with E-state index in [1.54, 1.807) is 32.6 Å². The van der Waals surface area contributed by atoms with Crippen molar-refractivity contribution in [1.29, 1.82) is 11.1 Å². The largest absolute Gasteiger partial charge is 0.480 e. The minimum absolute atomic E-state index is 0. The maximum Gasteiger partial charge on any atom is 0.328 e. The lowest BCUT2D eigenvalue weighted by Gasteiger charge is -2.25. The molecule has 0 spiro atoms. The number of benzene rings is 3. The van der Waals surface area contributed by atoms with Crippen molar-refractivity contribution in [3.63, 3.8) is 0 Å². The highest BCUT2D eigenvalue weighted by molar-refractivity contribution is 6.16. The first-order valence-electron chi connectivity index (χ1n) is 31.3. The predicted molar refractivity (Wildman–Crippen MR) is 348 cm³/mol. The summed E-state index contributed by atoms with van der Waals surface area (Å²) in [4.78, 5) is 102. The molecule has 8 aromatic rings. The fraction of sp³-hybridized carbons (Fsp3) is 0.456. The Bertz CT molecular complexity index is 4310. The smallest absolute Gasteiger partial charge is 0.328 e. The maximum absolute atomic E-state index is 13.3. The highest BCUT2D eigenvalue weighted by Gasteiger charge is 2.51. The van der Waals surface area contributed by atoms with Crippen molar-refractivity contribution in [2.45, 2.75) is 189 Å². The summed E-state index contributed by atoms with van der Waals surface area (Å²) in [6, 6.07) is 9.44. The van der Waals surface area contributed by atoms with E-state index in [2.05, 4.69) is 54.4 Å². The zero-order valence-corrected chi connectivity index (χ0v) is 54.0. The van der Waals surface area contributed by atoms with Gasteiger partial charge >= 0.3 is 17.9 Å². The average Bonchev–Trinajstić information content (AvgIpc) is 1.58. The molecule has 0 bridgehead atoms. The number of ketones is 1. The van der Waals surface area contributed by atoms with Gasteiger partial charge in [-0.25, -0.2) is 25.4 Å². The molecular weight excluding hydrogens is 1160 g/mol. The summed E-state index contributed by atoms with van der Waals surface area (Å²) in [6.07, 6.45) is 9.05. The molecule has 23 nitrogen and oxygen atoms in total. The number of carbonyl (C=O) groups is 7. The molecule has 3 aliphatic heterocycles. The molecule has 3 unspecified atom stereocenters. The molecule has 10 N–H and O–H groups in total. The molecule has 23 heteroatoms. The van der Waals surface area contributed by atoms with Crippen LogP contribution in [0.3, 0.4) is 0 Å². The maximum atomic E-state index is 13.3. The van der Waals surface area contributed by atoms with Gasteiger partial charge in [0.1, 0.15) is 29.5 Å². The number of H-pyrrole nitrogens is 5. The van der Waals surface area contributed by atoms with Crippen LogP contribution in [0.1, 0.15) is 176 Å². The summed E-state index contributed by atoms with van der Waals surface area (Å²) in [6.45, 7) is 24.1. The topological polar surface area (TPSA) is 352 Å². The Morgan fingerprint density at radius 1 is 0.538 bits per heavy atom. The first-order chi connectivity index (χ1) is 43.1. The molecule has 3 aromatic carbocycles. The van der Waals surface area contributed by atoms with Crippen molar-refractivity contribution in [2.75, 3.05) is 27.9 Å². The van der Waals surface area contributed by atoms with Crippen molar-refractivity contribution in [3.05, 3.63) is 98.0 Å². The number of nitrogens with zero attached hydrogens (tertiary/aromatic N) is 5. The van der Waals surface area contributed by atoms with Gasteiger partial charge in [0, 0.05) is 86.7 Å². The lowest BCUT2D eigenvalue weighted by Crippen LogP contribution is -2.46. The number of fused-ring (bicyclic) bond motifs is 16. The molecule has 0 saturated heterocycles. The fourth-order valence-corrected chi connectivity index (χ4v) is 14.2. The fourth-order valence-electron chi connectivity index (χ4n) is 14.2. The number of aliphatic hydroxyl groups excluding tert-OH is 1. The number of aliphatic hydroxyl groups is 1. The standard InChI is InChI=1S/C24H28N4O3.C22H24N4O3.C20H22N2O4.C2H6O.H2N2.H2/c1-6-31-22(29)13(3)28-19-10-16-15-9-7-8-14-12(2)26-27-21(14)20(15)25-18(16)11-17(19)24(4,5)23(28)30;1-10-12-6-5-7-13-14-8-17-15(9-16(14)23-18(13)19(12)25-24-10)22(3,4)21(29)26(17)11(2)20(27)28;1-10(18(24)25)22-15-8-12-11-6-4-5-7-16(23)17(11)21-14(12)9-13(15)20(2,3)19(22)26;1-2-3;1-2;/h10-11,13,25H,6-9H2,1-5H3,(H,26,27);8-9,11,23H,5-7H2,1-4H3,(H,24,25)(H,27,28);8-10,21H,4-7H2,1-3H3,(H,24,25);3H,2H2,1H3;1-2H;1H. The van der Waals surface area contributed by atoms with Crippen LogP contribution in [0, 0.1) is 24.9 Å². The minimum Gasteiger partial charge on any atom is -0.480 e. The average molecular weight is 1250 g/mol. The first-order valence-corrected chi connectivity index (χ1v) is 31.3. The van der Waals surface area contributed by atoms with E-state index >= 15 is 0 Å². The Morgan fingerprint density at radius 3 is 1.22 bits per heavy atom. The van der Waals surface area contributed by atoms with Crippen molar-refractivity contribution in [3.8, 4) is 22.8 Å². The third kappa shape index (κ3) is 10.5. The second-order valence-corrected chi connectivity index (χ2v) is 26.0. The summed E-state index contributed by atoms with van der Waals surface area (Å²) in [5.41, 5.74) is 28.1. The van der Waals surface area contributed by atoms with Gasteiger partial charge < -0.3 is 35.0 Å². The van der Waals surface area contributed by atoms with Crippen molar-refractivity contribution >= 4 is 91.2 Å². The molecule has 6 aliphatic rings. The van der Waals surface area contributed by atoms with E-state index in [0.29, 0.717) is 23.5 Å². The summed E-state index contributed by atoms with van der Waals surface area (Å²) in [5.74, 6) is -2.77. The number of esters is 1. The van der Waals surface area contributed by atoms with Gasteiger partial charge in [0.25, 0.3) is 0 Å². The monoisotopic (exact) mass is 1240 g/mol. The third-order valence-electron chi connectivity index (χ3n) is 19.3. The van der Waals surface area contributed by atoms with Gasteiger partial charge in [0.2, 0.25) is 17.7 Å². The number of carboxylic acids is 2. The van der Waals surface area contributed by atoms with Gasteiger partial charge in [-0.2, -0.15) is 10.2 Å². The van der Waals surface area contributed by atoms with Crippen molar-refractivity contribution in [2.24, 2.45) is 0 Å². The second-order valence-electron chi connectivity index (χ2n) is 26.0. The number of rotatable bonds is 7. The van der Waals surface area contributed by atoms with Crippen molar-refractivity contribution < 1.29 is 55.0 Å². The van der Waals surface area contributed by atoms with E-state index < -0.39 is 46.3 Å². The Balaban J connectivity index is 0.000000157. The summed E-state index contributed by atoms with van der Waals surface area (Å²) < 4.78 is 5.22. The molecule has 3 atom stereocenters. The molecule has 91 heavy (non-hydrogen) atoms. The summed E-state index contributed by atoms with van der Waals surface area (Å²) in [7, 11) is 0. The van der Waals surface area contributed by atoms with E-state index in [1.165, 1.54) is 39.0 Å². The number of nitrogens with one attached hydrogen (secondary N) is 7. The van der Waals surface area contributed by atoms with Crippen LogP contribution in [0.4, 0.5) is 17.1 Å². The van der Waals surface area contributed by atoms with Crippen LogP contribution < -0.4 is 14.7 Å². The minimum atomic E-state index is -1.04. The van der Waals surface area contributed by atoms with Crippen LogP contribution in [0.15, 0.2) is 36.4 Å². The molecule has 0 fully saturated rings. The molecule has 3 aliphatic carbocycles. The van der Waals surface area contributed by atoms with Crippen LogP contribution in [-0.4, -0.2) is 123 Å². The Labute approximate surface area is 527 Å². The number of hydrogen-bond acceptors (Lipinski definition) is 13. The zero-order valence-electron chi connectivity index (χ0n) is 54.0. The van der Waals surface area contributed by atoms with Crippen LogP contribution in [0.2, 0.25) is 0 Å². The molecule has 0 saturated carbocycles. The van der Waals surface area contributed by atoms with Gasteiger partial charge in [-0.1, -0.05) is 0 Å². The molecular formula is C68H84N12O11. The van der Waals surface area contributed by atoms with Gasteiger partial charge in [-0.05, 0) is 218 Å². The summed E-state index contributed by atoms with van der Waals surface area (Å²) >= 11 is 0. The van der Waals surface area contributed by atoms with E-state index in [-0.39, 0.29) is 44.1 Å². The summed E-state index contributed by atoms with van der Waals surface area (Å²) in [5, 5.41) is 45.0. The Kier molecular flexibility index (Phi) is 17.2. The van der Waals surface area contributed by atoms with Crippen LogP contribution >= 0.6 is 0 Å². The van der Waals surface area contributed by atoms with Gasteiger partial charge in [-0.15, -0.1) is 0 Å². The molecule has 3 amide bonds. The van der Waals surface area contributed by atoms with Gasteiger partial charge in [-0.3, -0.25) is 44.1 Å². The third-order valence-corrected chi connectivity index (χ3v) is 19.3. The SMILES string of the molecule is CC(C(=O)O)N1C(=O)C(C)(C)c2cc3[nH]c4c(c3cc21)CCCCC4=O.CCO.CCOC(=O)C(C)N1C(=O)C(C)(C)c2cc3[nH]c4c(c3cc21)CCCc1c-4n[nH]c1C.Cc1[nH]nc2c1CCCc1c-2[nH]c2cc3c(cc12)N(C(C)C(=O)O)C(=O)C3(C)C.N=N.[HH]. The van der Waals surface area contributed by atoms with Crippen LogP contribution in [0.25, 0.3) is 55.5 Å². The zero-order chi connectivity index (χ0) is 66.2. The lowest BCUT2D eigenvalue weighted by atomic mass is 9.85. The highest BCUT2D eigenvalue weighted by atomic mass is 16.5. The normalized spacial score (nSPS) is 17.9. The predicted octanol–water partition coefficient (Wildman–Crippen LogP) is 11.4. The number of aliphatic carboxylic acids is 2. The van der Waals surface area contributed by atoms with Crippen LogP contribution in [-0.2, 0) is 81.9 Å². The van der Waals surface area contributed by atoms with Gasteiger partial charge in [0.05, 0.1) is 39.9 Å². The number of aryl methyl sites for hydroxylation is 5. The number of hydrogen-bond donors (Lipinski definition) is 10. The molecule has 0 radical (unpaired) electrons. The number of Topliss-reactive ketones (excluding diaryl/α,β-unsaturated/α-hetero) is 1. The molecule has 482 valence electrons. The van der Waals surface area contributed by atoms with Crippen LogP contribution in [0.5, 0.6) is 0 Å². The Hall–Kier alpha value is -9.25. The Morgan fingerprint density at radius 2 is 0.857 bits per heavy atom. The molecule has 8 heterocycles. The number of amides is 3. The first kappa shape index (κ1) is 64.7. The highest BCUT2D eigenvalue weighted by Crippen LogP contribution is 2.50. The van der Waals surface area contributed by atoms with E-state index in [1.807, 2.05) is 72.7 Å². The van der Waals surface area contributed by atoms with Gasteiger partial charge in [0.15, 0.2) is 5.78 Å². The molecule has 5 aromatic heterocycles. The number of anilines is 3. The quantitative estimate of drug-likeness (QED) is 0.0403. The number of ether oxygens (including phenoxy) is 1. The number of carboxylic acid groups (broad SMARTS) is 2. The number of aromatic amines is 5. The van der Waals surface area contributed by atoms with E-state index in [9.17, 15) is 43.8 Å². The van der Waals surface area contributed by atoms with Crippen molar-refractivity contribution in [1.82, 2.24) is 35.3 Å². The number of carbonyl (C=O) groups excluding carboxylic acids is 5. The molecule has 14 rings (SSSR count). The lowest BCUT2D eigenvalue weighted by molar-refractivity contribution is -0.145. The number of aromatic nitrogens is 7.